The summed E-state index contributed by atoms with van der Waals surface area (Å²) < 4.78 is 0. The van der Waals surface area contributed by atoms with Gasteiger partial charge >= 0.3 is 0 Å². The minimum absolute atomic E-state index is 0.0864. The molecule has 1 heterocycles. The van der Waals surface area contributed by atoms with Gasteiger partial charge in [-0.1, -0.05) is 55.0 Å². The number of hydrogen-bond acceptors (Lipinski definition) is 1. The van der Waals surface area contributed by atoms with Crippen molar-refractivity contribution in [2.45, 2.75) is 53.0 Å². The maximum absolute atomic E-state index is 4.70. The molecule has 2 aromatic rings. The normalized spacial score (nSPS) is 20.6. The van der Waals surface area contributed by atoms with Gasteiger partial charge in [0, 0.05) is 6.21 Å². The van der Waals surface area contributed by atoms with Crippen LogP contribution in [-0.2, 0) is 6.42 Å². The van der Waals surface area contributed by atoms with E-state index in [2.05, 4.69) is 83.2 Å². The van der Waals surface area contributed by atoms with Crippen molar-refractivity contribution in [1.29, 1.82) is 0 Å². The lowest BCUT2D eigenvalue weighted by Crippen LogP contribution is -2.18. The molecule has 0 bridgehead atoms. The van der Waals surface area contributed by atoms with Crippen molar-refractivity contribution in [1.82, 2.24) is 0 Å². The van der Waals surface area contributed by atoms with Crippen LogP contribution in [0, 0.1) is 13.8 Å². The predicted molar refractivity (Wildman–Crippen MR) is 115 cm³/mol. The molecule has 0 amide bonds. The fourth-order valence-electron chi connectivity index (χ4n) is 3.62. The Morgan fingerprint density at radius 2 is 1.77 bits per heavy atom. The molecule has 1 aliphatic heterocycles. The Hall–Kier alpha value is -2.41. The molecule has 0 saturated heterocycles. The molecule has 0 atom stereocenters. The first-order valence-electron chi connectivity index (χ1n) is 9.51. The molecule has 1 heteroatoms. The Balaban J connectivity index is 2.13. The molecular weight excluding hydrogens is 314 g/mol. The number of hydrogen-bond donors (Lipinski definition) is 0. The van der Waals surface area contributed by atoms with Gasteiger partial charge in [-0.15, -0.1) is 0 Å². The van der Waals surface area contributed by atoms with Gasteiger partial charge in [-0.25, -0.2) is 0 Å². The van der Waals surface area contributed by atoms with E-state index in [4.69, 9.17) is 4.99 Å². The smallest absolute Gasteiger partial charge is 0.0592 e. The first-order chi connectivity index (χ1) is 12.4. The monoisotopic (exact) mass is 343 g/mol. The van der Waals surface area contributed by atoms with Crippen molar-refractivity contribution in [3.05, 3.63) is 76.9 Å². The lowest BCUT2D eigenvalue weighted by Gasteiger charge is -2.24. The van der Waals surface area contributed by atoms with E-state index in [1.54, 1.807) is 0 Å². The van der Waals surface area contributed by atoms with E-state index in [0.717, 1.165) is 12.8 Å². The van der Waals surface area contributed by atoms with Crippen molar-refractivity contribution in [3.63, 3.8) is 0 Å². The van der Waals surface area contributed by atoms with E-state index in [1.165, 1.54) is 39.0 Å². The third-order valence-corrected chi connectivity index (χ3v) is 5.08. The van der Waals surface area contributed by atoms with Crippen molar-refractivity contribution in [2.75, 3.05) is 0 Å². The minimum atomic E-state index is -0.0864. The highest BCUT2D eigenvalue weighted by molar-refractivity contribution is 5.80. The van der Waals surface area contributed by atoms with E-state index in [9.17, 15) is 0 Å². The van der Waals surface area contributed by atoms with Gasteiger partial charge in [0.2, 0.25) is 0 Å². The summed E-state index contributed by atoms with van der Waals surface area (Å²) in [4.78, 5) is 4.70. The highest BCUT2D eigenvalue weighted by Gasteiger charge is 2.20. The summed E-state index contributed by atoms with van der Waals surface area (Å²) in [5, 5.41) is 0. The summed E-state index contributed by atoms with van der Waals surface area (Å²) in [5.74, 6) is 0. The van der Waals surface area contributed by atoms with Crippen LogP contribution in [0.3, 0.4) is 0 Å². The van der Waals surface area contributed by atoms with Crippen molar-refractivity contribution in [2.24, 2.45) is 4.99 Å². The highest BCUT2D eigenvalue weighted by atomic mass is 14.8. The second-order valence-corrected chi connectivity index (χ2v) is 7.89. The summed E-state index contributed by atoms with van der Waals surface area (Å²) in [5.41, 5.74) is 9.29. The fraction of sp³-hybridized carbons (Fsp3) is 0.320. The second-order valence-electron chi connectivity index (χ2n) is 7.89. The van der Waals surface area contributed by atoms with Crippen LogP contribution in [0.15, 0.2) is 59.6 Å². The van der Waals surface area contributed by atoms with Crippen LogP contribution in [0.1, 0.15) is 49.4 Å². The Bertz CT molecular complexity index is 894. The Morgan fingerprint density at radius 1 is 0.962 bits per heavy atom. The predicted octanol–water partition coefficient (Wildman–Crippen LogP) is 6.73. The average Bonchev–Trinajstić information content (AvgIpc) is 2.60. The molecule has 0 aromatic heterocycles. The third-order valence-electron chi connectivity index (χ3n) is 5.08. The summed E-state index contributed by atoms with van der Waals surface area (Å²) in [6.45, 7) is 11.0. The van der Waals surface area contributed by atoms with E-state index in [-0.39, 0.29) is 5.54 Å². The Labute approximate surface area is 158 Å². The molecular formula is C25H29N. The fourth-order valence-corrected chi connectivity index (χ4v) is 3.62. The summed E-state index contributed by atoms with van der Waals surface area (Å²) in [7, 11) is 0. The quantitative estimate of drug-likeness (QED) is 0.586. The molecule has 0 unspecified atom stereocenters. The second kappa shape index (κ2) is 7.45. The Morgan fingerprint density at radius 3 is 2.54 bits per heavy atom. The summed E-state index contributed by atoms with van der Waals surface area (Å²) >= 11 is 0. The molecule has 2 aromatic carbocycles. The largest absolute Gasteiger partial charge is 0.287 e. The van der Waals surface area contributed by atoms with Crippen LogP contribution in [0.2, 0.25) is 0 Å². The van der Waals surface area contributed by atoms with Gasteiger partial charge < -0.3 is 0 Å². The first-order valence-corrected chi connectivity index (χ1v) is 9.51. The molecule has 1 nitrogen and oxygen atoms in total. The lowest BCUT2D eigenvalue weighted by atomic mass is 9.85. The molecule has 0 fully saturated rings. The number of aliphatic imine (C=N–C) groups is 1. The van der Waals surface area contributed by atoms with Gasteiger partial charge in [-0.05, 0) is 86.1 Å². The number of nitrogens with zero attached hydrogens (tertiary/aromatic N) is 1. The SMILES string of the molecule is CCc1ccc(-c2cc(C)ccc2C)cc1/C1=C/C=C\C=N\C(C)(C)C1. The number of rotatable bonds is 3. The van der Waals surface area contributed by atoms with Gasteiger partial charge in [0.25, 0.3) is 0 Å². The van der Waals surface area contributed by atoms with E-state index in [1.807, 2.05) is 12.3 Å². The number of allylic oxidation sites excluding steroid dienone is 3. The Kier molecular flexibility index (Phi) is 5.27. The van der Waals surface area contributed by atoms with Crippen LogP contribution in [0.25, 0.3) is 16.7 Å². The van der Waals surface area contributed by atoms with Gasteiger partial charge in [0.1, 0.15) is 0 Å². The van der Waals surface area contributed by atoms with E-state index in [0.29, 0.717) is 0 Å². The molecule has 0 aliphatic carbocycles. The maximum atomic E-state index is 4.70. The van der Waals surface area contributed by atoms with Crippen molar-refractivity contribution in [3.8, 4) is 11.1 Å². The van der Waals surface area contributed by atoms with E-state index < -0.39 is 0 Å². The van der Waals surface area contributed by atoms with Gasteiger partial charge in [-0.2, -0.15) is 0 Å². The zero-order valence-corrected chi connectivity index (χ0v) is 16.6. The van der Waals surface area contributed by atoms with Crippen LogP contribution in [0.4, 0.5) is 0 Å². The van der Waals surface area contributed by atoms with Gasteiger partial charge in [-0.3, -0.25) is 4.99 Å². The molecule has 0 spiro atoms. The van der Waals surface area contributed by atoms with Gasteiger partial charge in [0.15, 0.2) is 0 Å². The molecule has 0 N–H and O–H groups in total. The molecule has 134 valence electrons. The first kappa shape index (κ1) is 18.4. The van der Waals surface area contributed by atoms with Crippen molar-refractivity contribution >= 4 is 11.8 Å². The molecule has 26 heavy (non-hydrogen) atoms. The van der Waals surface area contributed by atoms with Crippen molar-refractivity contribution < 1.29 is 0 Å². The minimum Gasteiger partial charge on any atom is -0.287 e. The van der Waals surface area contributed by atoms with Crippen LogP contribution in [-0.4, -0.2) is 11.8 Å². The zero-order valence-electron chi connectivity index (χ0n) is 16.6. The van der Waals surface area contributed by atoms with Gasteiger partial charge in [0.05, 0.1) is 5.54 Å². The molecule has 1 aliphatic rings. The highest BCUT2D eigenvalue weighted by Crippen LogP contribution is 2.34. The average molecular weight is 344 g/mol. The molecule has 0 radical (unpaired) electrons. The standard InChI is InChI=1S/C25H29N/c1-6-20-12-13-21(23-15-18(2)10-11-19(23)3)16-24(20)22-9-7-8-14-26-25(4,5)17-22/h7-16H,6,17H2,1-5H3/b8-7-,22-9+,26-14+. The molecule has 0 saturated carbocycles. The maximum Gasteiger partial charge on any atom is 0.0592 e. The summed E-state index contributed by atoms with van der Waals surface area (Å²) in [6, 6.07) is 13.6. The number of aryl methyl sites for hydroxylation is 3. The van der Waals surface area contributed by atoms with Crippen LogP contribution < -0.4 is 0 Å². The van der Waals surface area contributed by atoms with E-state index >= 15 is 0 Å². The lowest BCUT2D eigenvalue weighted by molar-refractivity contribution is 0.540. The number of benzene rings is 2. The third kappa shape index (κ3) is 4.04. The summed E-state index contributed by atoms with van der Waals surface area (Å²) in [6.07, 6.45) is 10.3. The van der Waals surface area contributed by atoms with Crippen LogP contribution >= 0.6 is 0 Å². The zero-order chi connectivity index (χ0) is 18.7. The topological polar surface area (TPSA) is 12.4 Å². The molecule has 3 rings (SSSR count). The van der Waals surface area contributed by atoms with Crippen LogP contribution in [0.5, 0.6) is 0 Å².